The number of primary amides is 1. The van der Waals surface area contributed by atoms with Gasteiger partial charge in [-0.25, -0.2) is 4.79 Å². The quantitative estimate of drug-likeness (QED) is 0.0116. The van der Waals surface area contributed by atoms with Crippen molar-refractivity contribution in [2.75, 3.05) is 64.7 Å². The van der Waals surface area contributed by atoms with Crippen LogP contribution < -0.4 is 145 Å². The summed E-state index contributed by atoms with van der Waals surface area (Å²) in [4.78, 5) is 190. The molecule has 11 amide bonds. The van der Waals surface area contributed by atoms with Gasteiger partial charge in [-0.3, -0.25) is 82.7 Å². The van der Waals surface area contributed by atoms with E-state index in [1.807, 2.05) is 0 Å². The number of nitrogens with zero attached hydrogens (tertiary/aromatic N) is 6. The van der Waals surface area contributed by atoms with Crippen LogP contribution in [0.5, 0.6) is 0 Å². The Morgan fingerprint density at radius 3 is 0.644 bits per heavy atom. The molecule has 45 nitrogen and oxygen atoms in total. The van der Waals surface area contributed by atoms with E-state index in [0.29, 0.717) is 19.3 Å². The maximum absolute atomic E-state index is 14.8. The minimum atomic E-state index is -1.74. The van der Waals surface area contributed by atoms with Gasteiger partial charge in [0.1, 0.15) is 60.4 Å². The lowest BCUT2D eigenvalue weighted by Crippen LogP contribution is -2.60. The Balaban J connectivity index is 7.75. The van der Waals surface area contributed by atoms with Crippen molar-refractivity contribution in [3.63, 3.8) is 0 Å². The van der Waals surface area contributed by atoms with Gasteiger partial charge in [0.25, 0.3) is 0 Å². The number of guanidine groups is 6. The standard InChI is InChI=1S/C58H114N32O13S/c59-21-3-1-11-32(82-43(93)31(81-42(92)29-61)13-5-23-75-53(63)64)44(94)83-33(12-2-4-22-60)45(95)84-34(14-6-24-76-54(65)66)46(96)86-37(17-9-27-79-57(71)72)49(99)89-39(19-20-41(62)91)51(101)88-36(16-8-26-78-56(69)70)48(98)85-35(15-7-25-77-55(67)68)47(97)87-38(18-10-28-80-58(73)74)50(100)90-40(30-104)52(102)103/h31-40,104H,1-30,59-61H2,(H2,62,91)(H,81,92)(H,82,93)(H,83,94)(H,84,95)(H,85,98)(H,86,96)(H,87,97)(H,88,101)(H,89,99)(H,90,100)(H,102,103)(H4,63,64,75)(H4,65,66,76)(H4,67,68,77)(H4,69,70,78)(H4,71,72,79)(H4,73,74,80)/t31-,32-,33-,34-,35-,36-,37-,38-,39-,40-/m1/s1. The Kier molecular flexibility index (Phi) is 48.7. The molecule has 0 aromatic carbocycles. The number of aliphatic imine (C=N–C) groups is 6. The van der Waals surface area contributed by atoms with E-state index in [2.05, 4.69) is 95.8 Å². The summed E-state index contributed by atoms with van der Waals surface area (Å²) in [6.07, 6.45) is -0.543. The number of carbonyl (C=O) groups excluding carboxylic acids is 11. The average Bonchev–Trinajstić information content (AvgIpc) is 0.866. The number of carboxylic acids is 1. The zero-order chi connectivity index (χ0) is 78.7. The first-order valence-corrected chi connectivity index (χ1v) is 34.4. The molecule has 0 saturated carbocycles. The fraction of sp³-hybridized carbons (Fsp3) is 0.690. The van der Waals surface area contributed by atoms with Crippen LogP contribution in [0.1, 0.15) is 128 Å². The lowest BCUT2D eigenvalue weighted by Gasteiger charge is -2.28. The molecular formula is C58H114N32O13S. The Morgan fingerprint density at radius 2 is 0.471 bits per heavy atom. The first-order chi connectivity index (χ1) is 49.2. The van der Waals surface area contributed by atoms with Crippen molar-refractivity contribution in [2.45, 2.75) is 189 Å². The number of amides is 11. The van der Waals surface area contributed by atoms with E-state index < -0.39 is 151 Å². The van der Waals surface area contributed by atoms with Gasteiger partial charge >= 0.3 is 5.97 Å². The van der Waals surface area contributed by atoms with Crippen LogP contribution in [-0.4, -0.2) is 237 Å². The number of rotatable bonds is 57. The summed E-state index contributed by atoms with van der Waals surface area (Å²) < 4.78 is 0. The molecule has 43 N–H and O–H groups in total. The fourth-order valence-electron chi connectivity index (χ4n) is 9.60. The topological polar surface area (TPSA) is 836 Å². The third kappa shape index (κ3) is 44.0. The molecule has 0 bridgehead atoms. The van der Waals surface area contributed by atoms with Crippen LogP contribution in [0.4, 0.5) is 0 Å². The lowest BCUT2D eigenvalue weighted by atomic mass is 10.0. The SMILES string of the molecule is NCCCC[C@@H](NC(=O)[C@@H](CCCN=C(N)N)NC(=O)CN)C(=O)N[C@H](CCCCN)C(=O)N[C@H](CCCN=C(N)N)C(=O)N[C@H](CCCN=C(N)N)C(=O)N[C@H](CCC(N)=O)C(=O)N[C@H](CCCN=C(N)N)C(=O)N[C@H](CCCN=C(N)N)C(=O)N[C@H](CCCN=C(N)N)C(=O)N[C@H](CS)C(=O)O. The van der Waals surface area contributed by atoms with Crippen LogP contribution in [0.15, 0.2) is 30.0 Å². The number of nitrogens with two attached hydrogens (primary N) is 16. The molecule has 0 aromatic rings. The summed E-state index contributed by atoms with van der Waals surface area (Å²) in [5.41, 5.74) is 89.1. The largest absolute Gasteiger partial charge is 0.480 e. The maximum Gasteiger partial charge on any atom is 0.327 e. The third-order valence-electron chi connectivity index (χ3n) is 14.9. The van der Waals surface area contributed by atoms with Gasteiger partial charge in [0.15, 0.2) is 35.8 Å². The minimum Gasteiger partial charge on any atom is -0.480 e. The number of unbranched alkanes of at least 4 members (excludes halogenated alkanes) is 2. The maximum atomic E-state index is 14.8. The van der Waals surface area contributed by atoms with E-state index in [-0.39, 0.29) is 190 Å². The van der Waals surface area contributed by atoms with Crippen molar-refractivity contribution in [3.05, 3.63) is 0 Å². The summed E-state index contributed by atoms with van der Waals surface area (Å²) in [5, 5.41) is 35.3. The van der Waals surface area contributed by atoms with Crippen molar-refractivity contribution in [2.24, 2.45) is 122 Å². The van der Waals surface area contributed by atoms with E-state index in [9.17, 15) is 62.6 Å². The highest BCUT2D eigenvalue weighted by Gasteiger charge is 2.36. The summed E-state index contributed by atoms with van der Waals surface area (Å²) in [5.74, 6) is -13.8. The molecule has 0 rings (SSSR count). The van der Waals surface area contributed by atoms with E-state index >= 15 is 0 Å². The molecular weight excluding hydrogens is 1380 g/mol. The zero-order valence-electron chi connectivity index (χ0n) is 58.7. The van der Waals surface area contributed by atoms with Crippen molar-refractivity contribution < 1.29 is 62.6 Å². The van der Waals surface area contributed by atoms with Crippen molar-refractivity contribution in [3.8, 4) is 0 Å². The van der Waals surface area contributed by atoms with Crippen molar-refractivity contribution >= 4 is 119 Å². The van der Waals surface area contributed by atoms with Crippen LogP contribution in [0.3, 0.4) is 0 Å². The van der Waals surface area contributed by atoms with E-state index in [4.69, 9.17) is 91.7 Å². The number of carboxylic acid groups (broad SMARTS) is 1. The monoisotopic (exact) mass is 1500 g/mol. The Hall–Kier alpha value is -10.5. The molecule has 46 heteroatoms. The van der Waals surface area contributed by atoms with Gasteiger partial charge in [0.2, 0.25) is 65.0 Å². The normalized spacial score (nSPS) is 13.6. The molecule has 0 heterocycles. The molecule has 0 aliphatic carbocycles. The Bertz CT molecular complexity index is 2920. The molecule has 0 spiro atoms. The van der Waals surface area contributed by atoms with Crippen LogP contribution in [-0.2, 0) is 57.5 Å². The highest BCUT2D eigenvalue weighted by Crippen LogP contribution is 2.13. The second kappa shape index (κ2) is 54.2. The van der Waals surface area contributed by atoms with Gasteiger partial charge in [-0.1, -0.05) is 0 Å². The molecule has 590 valence electrons. The Morgan fingerprint density at radius 1 is 0.279 bits per heavy atom. The first kappa shape index (κ1) is 93.5. The highest BCUT2D eigenvalue weighted by molar-refractivity contribution is 7.80. The van der Waals surface area contributed by atoms with Gasteiger partial charge in [0.05, 0.1) is 6.54 Å². The van der Waals surface area contributed by atoms with Crippen molar-refractivity contribution in [1.29, 1.82) is 0 Å². The van der Waals surface area contributed by atoms with Gasteiger partial charge in [0, 0.05) is 51.4 Å². The summed E-state index contributed by atoms with van der Waals surface area (Å²) >= 11 is 4.00. The molecule has 0 aliphatic rings. The molecule has 10 atom stereocenters. The summed E-state index contributed by atoms with van der Waals surface area (Å²) in [6, 6.07) is -14.9. The van der Waals surface area contributed by atoms with Gasteiger partial charge in [-0.05, 0) is 135 Å². The molecule has 0 fully saturated rings. The molecule has 0 radical (unpaired) electrons. The molecule has 0 unspecified atom stereocenters. The zero-order valence-corrected chi connectivity index (χ0v) is 59.6. The van der Waals surface area contributed by atoms with E-state index in [1.165, 1.54) is 0 Å². The summed E-state index contributed by atoms with van der Waals surface area (Å²) in [7, 11) is 0. The van der Waals surface area contributed by atoms with Gasteiger partial charge in [-0.2, -0.15) is 12.6 Å². The molecule has 0 aromatic heterocycles. The molecule has 104 heavy (non-hydrogen) atoms. The van der Waals surface area contributed by atoms with Gasteiger partial charge < -0.3 is 150 Å². The summed E-state index contributed by atoms with van der Waals surface area (Å²) in [6.45, 7) is -0.329. The van der Waals surface area contributed by atoms with Gasteiger partial charge in [-0.15, -0.1) is 0 Å². The minimum absolute atomic E-state index is 0.0138. The number of thiol groups is 1. The highest BCUT2D eigenvalue weighted by atomic mass is 32.1. The van der Waals surface area contributed by atoms with Crippen molar-refractivity contribution in [1.82, 2.24) is 53.2 Å². The lowest BCUT2D eigenvalue weighted by molar-refractivity contribution is -0.141. The van der Waals surface area contributed by atoms with Crippen LogP contribution in [0.2, 0.25) is 0 Å². The first-order valence-electron chi connectivity index (χ1n) is 33.8. The fourth-order valence-corrected chi connectivity index (χ4v) is 9.85. The Labute approximate surface area is 608 Å². The predicted molar refractivity (Wildman–Crippen MR) is 394 cm³/mol. The molecule has 0 aliphatic heterocycles. The van der Waals surface area contributed by atoms with E-state index in [0.717, 1.165) is 0 Å². The average molecular weight is 1500 g/mol. The number of nitrogens with one attached hydrogen (secondary N) is 10. The second-order valence-corrected chi connectivity index (χ2v) is 24.0. The number of hydrogen-bond acceptors (Lipinski definition) is 22. The third-order valence-corrected chi connectivity index (χ3v) is 15.3. The smallest absolute Gasteiger partial charge is 0.327 e. The second-order valence-electron chi connectivity index (χ2n) is 23.7. The number of aliphatic carboxylic acids is 1. The number of carbonyl (C=O) groups is 12. The molecule has 0 saturated heterocycles. The number of hydrogen-bond donors (Lipinski definition) is 28. The predicted octanol–water partition coefficient (Wildman–Crippen LogP) is -12.3. The van der Waals surface area contributed by atoms with Crippen LogP contribution in [0, 0.1) is 0 Å². The van der Waals surface area contributed by atoms with E-state index in [1.54, 1.807) is 0 Å². The van der Waals surface area contributed by atoms with Crippen LogP contribution in [0.25, 0.3) is 0 Å². The van der Waals surface area contributed by atoms with Crippen LogP contribution >= 0.6 is 12.6 Å².